The first kappa shape index (κ1) is 23.8. The van der Waals surface area contributed by atoms with E-state index in [0.717, 1.165) is 66.8 Å². The molecule has 1 unspecified atom stereocenters. The summed E-state index contributed by atoms with van der Waals surface area (Å²) in [4.78, 5) is 10.7. The maximum Gasteiger partial charge on any atom is 0.235 e. The molecule has 4 nitrogen and oxygen atoms in total. The van der Waals surface area contributed by atoms with E-state index in [1.807, 2.05) is 6.07 Å². The van der Waals surface area contributed by atoms with Crippen LogP contribution in [0.15, 0.2) is 132 Å². The van der Waals surface area contributed by atoms with Crippen LogP contribution in [0.5, 0.6) is 0 Å². The summed E-state index contributed by atoms with van der Waals surface area (Å²) in [6.07, 6.45) is 5.45. The number of benzene rings is 6. The molecule has 0 amide bonds. The highest BCUT2D eigenvalue weighted by Crippen LogP contribution is 2.45. The Labute approximate surface area is 252 Å². The standard InChI is InChI=1S/C40H25N3O/c1-2-12-25-23-26(22-21-24(25)11-1)37-29-15-5-8-18-32(29)41-40(42-37)43-33-19-9-6-16-30(33)35-27-13-3-4-14-28(27)36-31-17-7-10-20-34(31)44-39(36)38(35)43/h1-22,26H,23H2. The van der Waals surface area contributed by atoms with Crippen LogP contribution < -0.4 is 0 Å². The van der Waals surface area contributed by atoms with Crippen LogP contribution in [0.4, 0.5) is 0 Å². The van der Waals surface area contributed by atoms with Gasteiger partial charge in [0.05, 0.1) is 16.7 Å². The Kier molecular flexibility index (Phi) is 4.80. The topological polar surface area (TPSA) is 43.9 Å². The van der Waals surface area contributed by atoms with Crippen LogP contribution >= 0.6 is 0 Å². The average Bonchev–Trinajstić information content (AvgIpc) is 3.65. The molecule has 0 saturated carbocycles. The highest BCUT2D eigenvalue weighted by molar-refractivity contribution is 6.34. The van der Waals surface area contributed by atoms with Gasteiger partial charge in [0.15, 0.2) is 5.58 Å². The van der Waals surface area contributed by atoms with E-state index in [0.29, 0.717) is 5.95 Å². The van der Waals surface area contributed by atoms with E-state index in [-0.39, 0.29) is 5.92 Å². The van der Waals surface area contributed by atoms with Crippen LogP contribution in [0, 0.1) is 0 Å². The second-order valence-corrected chi connectivity index (χ2v) is 11.7. The summed E-state index contributed by atoms with van der Waals surface area (Å²) in [5.41, 5.74) is 8.41. The fraction of sp³-hybridized carbons (Fsp3) is 0.0500. The Morgan fingerprint density at radius 1 is 0.614 bits per heavy atom. The largest absolute Gasteiger partial charge is 0.454 e. The Hall–Kier alpha value is -5.74. The molecule has 3 aromatic heterocycles. The molecule has 1 aliphatic rings. The minimum absolute atomic E-state index is 0.136. The molecule has 9 aromatic rings. The number of hydrogen-bond donors (Lipinski definition) is 0. The van der Waals surface area contributed by atoms with Crippen molar-refractivity contribution in [2.75, 3.05) is 0 Å². The van der Waals surface area contributed by atoms with Gasteiger partial charge in [0.25, 0.3) is 0 Å². The van der Waals surface area contributed by atoms with Crippen molar-refractivity contribution in [2.24, 2.45) is 0 Å². The van der Waals surface area contributed by atoms with E-state index in [2.05, 4.69) is 132 Å². The fourth-order valence-corrected chi connectivity index (χ4v) is 7.40. The lowest BCUT2D eigenvalue weighted by atomic mass is 9.86. The maximum atomic E-state index is 6.75. The first-order valence-corrected chi connectivity index (χ1v) is 15.1. The van der Waals surface area contributed by atoms with Crippen molar-refractivity contribution >= 4 is 71.5 Å². The molecule has 0 N–H and O–H groups in total. The monoisotopic (exact) mass is 563 g/mol. The Morgan fingerprint density at radius 3 is 2.18 bits per heavy atom. The molecule has 0 spiro atoms. The Morgan fingerprint density at radius 2 is 1.30 bits per heavy atom. The molecule has 206 valence electrons. The van der Waals surface area contributed by atoms with Crippen molar-refractivity contribution < 1.29 is 4.42 Å². The number of allylic oxidation sites excluding steroid dienone is 1. The Bertz CT molecular complexity index is 2660. The fourth-order valence-electron chi connectivity index (χ4n) is 7.40. The van der Waals surface area contributed by atoms with Crippen molar-refractivity contribution in [3.63, 3.8) is 0 Å². The summed E-state index contributed by atoms with van der Waals surface area (Å²) in [5.74, 6) is 0.797. The normalized spacial score (nSPS) is 14.9. The van der Waals surface area contributed by atoms with Gasteiger partial charge in [-0.2, -0.15) is 0 Å². The van der Waals surface area contributed by atoms with Crippen molar-refractivity contribution in [1.29, 1.82) is 0 Å². The van der Waals surface area contributed by atoms with Crippen molar-refractivity contribution in [3.05, 3.63) is 144 Å². The second kappa shape index (κ2) is 8.88. The highest BCUT2D eigenvalue weighted by Gasteiger charge is 2.26. The van der Waals surface area contributed by atoms with Gasteiger partial charge in [-0.3, -0.25) is 4.57 Å². The lowest BCUT2D eigenvalue weighted by molar-refractivity contribution is 0.671. The molecular weight excluding hydrogens is 538 g/mol. The van der Waals surface area contributed by atoms with Crippen LogP contribution in [0.3, 0.4) is 0 Å². The van der Waals surface area contributed by atoms with E-state index in [1.165, 1.54) is 21.9 Å². The predicted molar refractivity (Wildman–Crippen MR) is 181 cm³/mol. The van der Waals surface area contributed by atoms with E-state index in [4.69, 9.17) is 14.4 Å². The minimum atomic E-state index is 0.136. The van der Waals surface area contributed by atoms with Crippen LogP contribution in [-0.2, 0) is 6.42 Å². The Balaban J connectivity index is 1.36. The van der Waals surface area contributed by atoms with E-state index < -0.39 is 0 Å². The van der Waals surface area contributed by atoms with Gasteiger partial charge < -0.3 is 4.42 Å². The summed E-state index contributed by atoms with van der Waals surface area (Å²) >= 11 is 0. The van der Waals surface area contributed by atoms with Gasteiger partial charge in [-0.1, -0.05) is 115 Å². The van der Waals surface area contributed by atoms with Crippen LogP contribution in [0.1, 0.15) is 22.7 Å². The number of aromatic nitrogens is 3. The molecular formula is C40H25N3O. The van der Waals surface area contributed by atoms with E-state index >= 15 is 0 Å². The zero-order chi connectivity index (χ0) is 28.8. The number of hydrogen-bond acceptors (Lipinski definition) is 3. The molecule has 0 radical (unpaired) electrons. The first-order chi connectivity index (χ1) is 21.8. The van der Waals surface area contributed by atoms with Crippen LogP contribution in [-0.4, -0.2) is 14.5 Å². The third kappa shape index (κ3) is 3.22. The van der Waals surface area contributed by atoms with Crippen molar-refractivity contribution in [3.8, 4) is 5.95 Å². The molecule has 0 aliphatic heterocycles. The first-order valence-electron chi connectivity index (χ1n) is 15.1. The average molecular weight is 564 g/mol. The summed E-state index contributed by atoms with van der Waals surface area (Å²) in [5, 5.41) is 8.03. The van der Waals surface area contributed by atoms with Gasteiger partial charge in [-0.05, 0) is 46.5 Å². The zero-order valence-corrected chi connectivity index (χ0v) is 23.7. The molecule has 1 atom stereocenters. The number of para-hydroxylation sites is 3. The van der Waals surface area contributed by atoms with Crippen LogP contribution in [0.2, 0.25) is 0 Å². The molecule has 44 heavy (non-hydrogen) atoms. The van der Waals surface area contributed by atoms with E-state index in [1.54, 1.807) is 0 Å². The molecule has 1 aliphatic carbocycles. The summed E-state index contributed by atoms with van der Waals surface area (Å²) in [6.45, 7) is 0. The van der Waals surface area contributed by atoms with Crippen LogP contribution in [0.25, 0.3) is 77.4 Å². The van der Waals surface area contributed by atoms with E-state index in [9.17, 15) is 0 Å². The predicted octanol–water partition coefficient (Wildman–Crippen LogP) is 10.1. The summed E-state index contributed by atoms with van der Waals surface area (Å²) in [7, 11) is 0. The zero-order valence-electron chi connectivity index (χ0n) is 23.7. The molecule has 0 fully saturated rings. The van der Waals surface area contributed by atoms with Gasteiger partial charge in [0.2, 0.25) is 5.95 Å². The quantitative estimate of drug-likeness (QED) is 0.210. The molecule has 6 aromatic carbocycles. The third-order valence-electron chi connectivity index (χ3n) is 9.33. The summed E-state index contributed by atoms with van der Waals surface area (Å²) in [6, 6.07) is 42.6. The smallest absolute Gasteiger partial charge is 0.235 e. The SMILES string of the molecule is C1=CC(c2nc(-n3c4ccccc4c4c5ccccc5c5c6ccccc6oc5c43)nc3ccccc23)Cc2ccccc21. The van der Waals surface area contributed by atoms with Gasteiger partial charge in [-0.15, -0.1) is 0 Å². The lowest BCUT2D eigenvalue weighted by Gasteiger charge is -2.21. The van der Waals surface area contributed by atoms with Gasteiger partial charge in [0.1, 0.15) is 11.1 Å². The number of nitrogens with zero attached hydrogens (tertiary/aromatic N) is 3. The molecule has 0 bridgehead atoms. The summed E-state index contributed by atoms with van der Waals surface area (Å²) < 4.78 is 8.99. The number of rotatable bonds is 2. The van der Waals surface area contributed by atoms with Crippen molar-refractivity contribution in [1.82, 2.24) is 14.5 Å². The second-order valence-electron chi connectivity index (χ2n) is 11.7. The van der Waals surface area contributed by atoms with Gasteiger partial charge in [-0.25, -0.2) is 9.97 Å². The molecule has 10 rings (SSSR count). The molecule has 0 saturated heterocycles. The van der Waals surface area contributed by atoms with Gasteiger partial charge in [0, 0.05) is 32.8 Å². The van der Waals surface area contributed by atoms with Gasteiger partial charge >= 0.3 is 0 Å². The third-order valence-corrected chi connectivity index (χ3v) is 9.33. The molecule has 3 heterocycles. The maximum absolute atomic E-state index is 6.75. The number of fused-ring (bicyclic) bond motifs is 12. The van der Waals surface area contributed by atoms with Crippen molar-refractivity contribution in [2.45, 2.75) is 12.3 Å². The molecule has 4 heteroatoms. The number of furan rings is 1. The highest BCUT2D eigenvalue weighted by atomic mass is 16.3. The minimum Gasteiger partial charge on any atom is -0.454 e. The lowest BCUT2D eigenvalue weighted by Crippen LogP contribution is -2.11.